The molecule has 0 aliphatic carbocycles. The summed E-state index contributed by atoms with van der Waals surface area (Å²) in [5.41, 5.74) is 2.94. The number of esters is 1. The maximum Gasteiger partial charge on any atom is 0.309 e. The molecule has 0 atom stereocenters. The predicted octanol–water partition coefficient (Wildman–Crippen LogP) is 2.89. The molecule has 0 radical (unpaired) electrons. The molecule has 0 amide bonds. The molecule has 0 saturated carbocycles. The van der Waals surface area contributed by atoms with Gasteiger partial charge >= 0.3 is 5.97 Å². The molecule has 1 aliphatic rings. The van der Waals surface area contributed by atoms with Crippen molar-refractivity contribution < 1.29 is 9.53 Å². The fourth-order valence-corrected chi connectivity index (χ4v) is 3.52. The summed E-state index contributed by atoms with van der Waals surface area (Å²) in [6.07, 6.45) is 7.22. The number of piperidine rings is 1. The van der Waals surface area contributed by atoms with Crippen LogP contribution in [0.15, 0.2) is 30.7 Å². The molecule has 1 N–H and O–H groups in total. The van der Waals surface area contributed by atoms with Crippen molar-refractivity contribution in [2.45, 2.75) is 19.8 Å². The van der Waals surface area contributed by atoms with Gasteiger partial charge in [-0.25, -0.2) is 9.97 Å². The third kappa shape index (κ3) is 2.48. The number of nitrogens with zero attached hydrogens (tertiary/aromatic N) is 3. The van der Waals surface area contributed by atoms with E-state index in [1.165, 1.54) is 5.69 Å². The number of anilines is 1. The zero-order chi connectivity index (χ0) is 16.5. The van der Waals surface area contributed by atoms with Gasteiger partial charge in [-0.3, -0.25) is 4.79 Å². The summed E-state index contributed by atoms with van der Waals surface area (Å²) in [4.78, 5) is 26.2. The Morgan fingerprint density at radius 1 is 1.33 bits per heavy atom. The average Bonchev–Trinajstić information content (AvgIpc) is 3.10. The highest BCUT2D eigenvalue weighted by atomic mass is 16.5. The highest BCUT2D eigenvalue weighted by Gasteiger charge is 2.27. The number of fused-ring (bicyclic) bond motifs is 3. The Hall–Kier alpha value is -2.63. The van der Waals surface area contributed by atoms with Crippen molar-refractivity contribution >= 4 is 33.6 Å². The molecule has 124 valence electrons. The highest BCUT2D eigenvalue weighted by molar-refractivity contribution is 6.09. The van der Waals surface area contributed by atoms with Gasteiger partial charge in [0, 0.05) is 41.9 Å². The first-order valence-electron chi connectivity index (χ1n) is 8.40. The minimum Gasteiger partial charge on any atom is -0.466 e. The van der Waals surface area contributed by atoms with Gasteiger partial charge < -0.3 is 14.6 Å². The molecule has 3 aromatic heterocycles. The molecule has 4 rings (SSSR count). The molecule has 0 spiro atoms. The van der Waals surface area contributed by atoms with Crippen LogP contribution in [0.5, 0.6) is 0 Å². The largest absolute Gasteiger partial charge is 0.466 e. The van der Waals surface area contributed by atoms with Gasteiger partial charge in [0.05, 0.1) is 24.2 Å². The lowest BCUT2D eigenvalue weighted by molar-refractivity contribution is -0.148. The number of pyridine rings is 2. The van der Waals surface area contributed by atoms with Crippen molar-refractivity contribution in [1.29, 1.82) is 0 Å². The number of aromatic amines is 1. The van der Waals surface area contributed by atoms with Crippen LogP contribution < -0.4 is 4.90 Å². The van der Waals surface area contributed by atoms with E-state index in [4.69, 9.17) is 4.74 Å². The zero-order valence-corrected chi connectivity index (χ0v) is 13.7. The van der Waals surface area contributed by atoms with Crippen LogP contribution in [0.4, 0.5) is 5.69 Å². The van der Waals surface area contributed by atoms with Crippen LogP contribution in [0.2, 0.25) is 0 Å². The number of ether oxygens (including phenoxy) is 1. The molecular formula is C18H20N4O2. The summed E-state index contributed by atoms with van der Waals surface area (Å²) >= 11 is 0. The molecule has 1 fully saturated rings. The second-order valence-electron chi connectivity index (χ2n) is 6.11. The van der Waals surface area contributed by atoms with Crippen LogP contribution in [0.3, 0.4) is 0 Å². The van der Waals surface area contributed by atoms with E-state index < -0.39 is 0 Å². The normalized spacial score (nSPS) is 16.0. The van der Waals surface area contributed by atoms with Crippen molar-refractivity contribution in [3.8, 4) is 0 Å². The first kappa shape index (κ1) is 14.9. The van der Waals surface area contributed by atoms with Crippen molar-refractivity contribution in [2.24, 2.45) is 5.92 Å². The number of hydrogen-bond acceptors (Lipinski definition) is 5. The SMILES string of the molecule is CCOC(=O)C1CCN(c2cc[nH]c3cnc4nccc4c23)CC1. The molecular weight excluding hydrogens is 304 g/mol. The van der Waals surface area contributed by atoms with Gasteiger partial charge in [0.15, 0.2) is 5.65 Å². The second-order valence-corrected chi connectivity index (χ2v) is 6.11. The number of aromatic nitrogens is 3. The lowest BCUT2D eigenvalue weighted by Crippen LogP contribution is -2.37. The smallest absolute Gasteiger partial charge is 0.309 e. The monoisotopic (exact) mass is 324 g/mol. The van der Waals surface area contributed by atoms with E-state index in [0.717, 1.165) is 47.9 Å². The lowest BCUT2D eigenvalue weighted by Gasteiger charge is -2.33. The minimum absolute atomic E-state index is 0.0185. The van der Waals surface area contributed by atoms with E-state index in [-0.39, 0.29) is 11.9 Å². The average molecular weight is 324 g/mol. The molecule has 24 heavy (non-hydrogen) atoms. The summed E-state index contributed by atoms with van der Waals surface area (Å²) in [6.45, 7) is 4.00. The number of hydrogen-bond donors (Lipinski definition) is 1. The number of carbonyl (C=O) groups excluding carboxylic acids is 1. The second kappa shape index (κ2) is 6.11. The van der Waals surface area contributed by atoms with Crippen LogP contribution in [-0.4, -0.2) is 40.6 Å². The van der Waals surface area contributed by atoms with Crippen molar-refractivity contribution in [3.63, 3.8) is 0 Å². The van der Waals surface area contributed by atoms with Crippen LogP contribution in [0, 0.1) is 5.92 Å². The quantitative estimate of drug-likeness (QED) is 0.750. The van der Waals surface area contributed by atoms with Crippen molar-refractivity contribution in [2.75, 3.05) is 24.6 Å². The number of H-pyrrole nitrogens is 1. The summed E-state index contributed by atoms with van der Waals surface area (Å²) < 4.78 is 5.16. The fraction of sp³-hybridized carbons (Fsp3) is 0.389. The molecule has 3 aromatic rings. The Morgan fingerprint density at radius 2 is 2.17 bits per heavy atom. The zero-order valence-electron chi connectivity index (χ0n) is 13.7. The summed E-state index contributed by atoms with van der Waals surface area (Å²) in [6, 6.07) is 4.10. The maximum absolute atomic E-state index is 11.9. The fourth-order valence-electron chi connectivity index (χ4n) is 3.52. The molecule has 6 nitrogen and oxygen atoms in total. The molecule has 6 heteroatoms. The summed E-state index contributed by atoms with van der Waals surface area (Å²) in [7, 11) is 0. The Kier molecular flexibility index (Phi) is 3.80. The van der Waals surface area contributed by atoms with Gasteiger partial charge in [0.1, 0.15) is 0 Å². The van der Waals surface area contributed by atoms with Crippen LogP contribution in [0.1, 0.15) is 19.8 Å². The summed E-state index contributed by atoms with van der Waals surface area (Å²) in [5.74, 6) is -0.0414. The Bertz CT molecular complexity index is 881. The van der Waals surface area contributed by atoms with E-state index in [1.54, 1.807) is 6.20 Å². The predicted molar refractivity (Wildman–Crippen MR) is 93.0 cm³/mol. The van der Waals surface area contributed by atoms with E-state index in [0.29, 0.717) is 6.61 Å². The van der Waals surface area contributed by atoms with E-state index in [2.05, 4.69) is 25.9 Å². The molecule has 1 aliphatic heterocycles. The van der Waals surface area contributed by atoms with Crippen molar-refractivity contribution in [1.82, 2.24) is 15.0 Å². The van der Waals surface area contributed by atoms with Gasteiger partial charge in [-0.05, 0) is 31.9 Å². The third-order valence-corrected chi connectivity index (χ3v) is 4.73. The van der Waals surface area contributed by atoms with Crippen LogP contribution in [-0.2, 0) is 9.53 Å². The Labute approximate surface area is 139 Å². The van der Waals surface area contributed by atoms with Crippen molar-refractivity contribution in [3.05, 3.63) is 30.7 Å². The van der Waals surface area contributed by atoms with E-state index >= 15 is 0 Å². The Morgan fingerprint density at radius 3 is 2.96 bits per heavy atom. The summed E-state index contributed by atoms with van der Waals surface area (Å²) in [5, 5.41) is 2.21. The Balaban J connectivity index is 1.66. The standard InChI is InChI=1S/C18H20N4O2/c1-2-24-18(23)12-5-9-22(10-6-12)15-4-8-19-14-11-21-17-13(16(14)15)3-7-20-17/h3-4,7-8,11-12,19H,2,5-6,9-10H2,1H3. The first-order valence-corrected chi connectivity index (χ1v) is 8.40. The van der Waals surface area contributed by atoms with Gasteiger partial charge in [-0.2, -0.15) is 0 Å². The maximum atomic E-state index is 11.9. The number of carbonyl (C=O) groups is 1. The topological polar surface area (TPSA) is 71.1 Å². The van der Waals surface area contributed by atoms with E-state index in [9.17, 15) is 4.79 Å². The third-order valence-electron chi connectivity index (χ3n) is 4.73. The molecule has 0 unspecified atom stereocenters. The lowest BCUT2D eigenvalue weighted by atomic mass is 9.96. The molecule has 0 bridgehead atoms. The van der Waals surface area contributed by atoms with E-state index in [1.807, 2.05) is 25.4 Å². The molecule has 0 aromatic carbocycles. The minimum atomic E-state index is -0.0600. The van der Waals surface area contributed by atoms with Gasteiger partial charge in [-0.1, -0.05) is 0 Å². The van der Waals surface area contributed by atoms with Crippen LogP contribution in [0.25, 0.3) is 21.9 Å². The van der Waals surface area contributed by atoms with Gasteiger partial charge in [0.2, 0.25) is 0 Å². The number of nitrogens with one attached hydrogen (secondary N) is 1. The number of rotatable bonds is 3. The molecule has 1 saturated heterocycles. The van der Waals surface area contributed by atoms with Gasteiger partial charge in [-0.15, -0.1) is 0 Å². The van der Waals surface area contributed by atoms with Gasteiger partial charge in [0.25, 0.3) is 0 Å². The highest BCUT2D eigenvalue weighted by Crippen LogP contribution is 2.33. The first-order chi connectivity index (χ1) is 11.8. The van der Waals surface area contributed by atoms with Crippen LogP contribution >= 0.6 is 0 Å². The molecule has 4 heterocycles.